The van der Waals surface area contributed by atoms with Crippen LogP contribution in [0.5, 0.6) is 5.75 Å². The molecule has 184 valence electrons. The van der Waals surface area contributed by atoms with Gasteiger partial charge in [-0.05, 0) is 38.1 Å². The van der Waals surface area contributed by atoms with Gasteiger partial charge >= 0.3 is 0 Å². The zero-order chi connectivity index (χ0) is 25.3. The maximum atomic E-state index is 12.5. The molecule has 0 radical (unpaired) electrons. The highest BCUT2D eigenvalue weighted by atomic mass is 32.2. The van der Waals surface area contributed by atoms with Crippen molar-refractivity contribution in [3.63, 3.8) is 0 Å². The summed E-state index contributed by atoms with van der Waals surface area (Å²) in [6.45, 7) is 5.83. The number of nitrogens with one attached hydrogen (secondary N) is 1. The number of nitrogens with zero attached hydrogens (tertiary/aromatic N) is 5. The highest BCUT2D eigenvalue weighted by molar-refractivity contribution is 7.99. The van der Waals surface area contributed by atoms with Crippen molar-refractivity contribution < 1.29 is 9.90 Å². The van der Waals surface area contributed by atoms with Crippen molar-refractivity contribution in [3.05, 3.63) is 84.4 Å². The quantitative estimate of drug-likeness (QED) is 0.186. The number of aromatic nitrogens is 3. The molecule has 1 heterocycles. The molecule has 0 saturated heterocycles. The Morgan fingerprint density at radius 1 is 1.03 bits per heavy atom. The third-order valence-corrected chi connectivity index (χ3v) is 6.48. The number of hydrazone groups is 1. The molecule has 0 aliphatic rings. The summed E-state index contributed by atoms with van der Waals surface area (Å²) in [7, 11) is 0. The largest absolute Gasteiger partial charge is 0.507 e. The summed E-state index contributed by atoms with van der Waals surface area (Å²) < 4.78 is 1.94. The predicted molar refractivity (Wildman–Crippen MR) is 145 cm³/mol. The number of hydrogen-bond donors (Lipinski definition) is 2. The molecule has 36 heavy (non-hydrogen) atoms. The van der Waals surface area contributed by atoms with E-state index in [0.29, 0.717) is 16.5 Å². The Balaban J connectivity index is 1.43. The Kier molecular flexibility index (Phi) is 8.36. The molecule has 0 saturated carbocycles. The average molecular weight is 501 g/mol. The summed E-state index contributed by atoms with van der Waals surface area (Å²) in [5, 5.41) is 23.7. The molecule has 4 aromatic rings. The van der Waals surface area contributed by atoms with Crippen molar-refractivity contribution in [2.75, 3.05) is 23.7 Å². The van der Waals surface area contributed by atoms with E-state index >= 15 is 0 Å². The number of phenolic OH excluding ortho intramolecular Hbond substituents is 1. The fraction of sp³-hybridized carbons (Fsp3) is 0.185. The third kappa shape index (κ3) is 5.92. The van der Waals surface area contributed by atoms with Crippen LogP contribution in [0, 0.1) is 0 Å². The van der Waals surface area contributed by atoms with Gasteiger partial charge in [0.15, 0.2) is 11.0 Å². The Morgan fingerprint density at radius 3 is 2.39 bits per heavy atom. The van der Waals surface area contributed by atoms with Gasteiger partial charge in [0.1, 0.15) is 5.75 Å². The molecular weight excluding hydrogens is 472 g/mol. The lowest BCUT2D eigenvalue weighted by Crippen LogP contribution is -2.21. The van der Waals surface area contributed by atoms with Crippen LogP contribution in [0.25, 0.3) is 17.1 Å². The van der Waals surface area contributed by atoms with Crippen LogP contribution in [0.4, 0.5) is 5.69 Å². The third-order valence-electron chi connectivity index (χ3n) is 5.55. The summed E-state index contributed by atoms with van der Waals surface area (Å²) in [5.74, 6) is 0.617. The monoisotopic (exact) mass is 500 g/mol. The second kappa shape index (κ2) is 12.0. The molecule has 8 nitrogen and oxygen atoms in total. The fourth-order valence-electron chi connectivity index (χ4n) is 3.71. The van der Waals surface area contributed by atoms with Gasteiger partial charge in [-0.25, -0.2) is 5.43 Å². The number of benzene rings is 3. The molecule has 0 aliphatic heterocycles. The van der Waals surface area contributed by atoms with Crippen LogP contribution in [0.1, 0.15) is 19.4 Å². The topological polar surface area (TPSA) is 95.6 Å². The smallest absolute Gasteiger partial charge is 0.250 e. The van der Waals surface area contributed by atoms with E-state index in [0.717, 1.165) is 30.0 Å². The van der Waals surface area contributed by atoms with Gasteiger partial charge in [0.25, 0.3) is 5.91 Å². The standard InChI is InChI=1S/C27H28N6O2S/c1-3-32(4-2)23-16-15-21(24(34)17-23)18-28-29-25(35)19-36-27-31-30-26(20-11-7-5-8-12-20)33(27)22-13-9-6-10-14-22/h5-18,34H,3-4,19H2,1-2H3,(H,29,35). The summed E-state index contributed by atoms with van der Waals surface area (Å²) in [6.07, 6.45) is 1.43. The molecule has 3 aromatic carbocycles. The summed E-state index contributed by atoms with van der Waals surface area (Å²) in [5.41, 5.74) is 5.82. The molecule has 9 heteroatoms. The number of rotatable bonds is 10. The maximum Gasteiger partial charge on any atom is 0.250 e. The molecule has 2 N–H and O–H groups in total. The first-order chi connectivity index (χ1) is 17.6. The number of aromatic hydroxyl groups is 1. The van der Waals surface area contributed by atoms with E-state index in [-0.39, 0.29) is 17.4 Å². The lowest BCUT2D eigenvalue weighted by atomic mass is 10.2. The second-order valence-electron chi connectivity index (χ2n) is 7.84. The number of para-hydroxylation sites is 1. The number of thioether (sulfide) groups is 1. The molecule has 0 unspecified atom stereocenters. The molecule has 0 bridgehead atoms. The summed E-state index contributed by atoms with van der Waals surface area (Å²) in [4.78, 5) is 14.6. The Morgan fingerprint density at radius 2 is 1.72 bits per heavy atom. The van der Waals surface area contributed by atoms with Crippen molar-refractivity contribution >= 4 is 29.6 Å². The lowest BCUT2D eigenvalue weighted by molar-refractivity contribution is -0.118. The van der Waals surface area contributed by atoms with Crippen LogP contribution >= 0.6 is 11.8 Å². The van der Waals surface area contributed by atoms with E-state index < -0.39 is 0 Å². The minimum atomic E-state index is -0.292. The second-order valence-corrected chi connectivity index (χ2v) is 8.78. The van der Waals surface area contributed by atoms with Gasteiger partial charge in [0, 0.05) is 41.7 Å². The first-order valence-corrected chi connectivity index (χ1v) is 12.7. The van der Waals surface area contributed by atoms with E-state index in [2.05, 4.69) is 39.5 Å². The summed E-state index contributed by atoms with van der Waals surface area (Å²) in [6, 6.07) is 25.0. The van der Waals surface area contributed by atoms with E-state index in [1.165, 1.54) is 18.0 Å². The Labute approximate surface area is 214 Å². The molecule has 4 rings (SSSR count). The van der Waals surface area contributed by atoms with E-state index in [9.17, 15) is 9.90 Å². The molecule has 0 fully saturated rings. The fourth-order valence-corrected chi connectivity index (χ4v) is 4.45. The van der Waals surface area contributed by atoms with E-state index in [1.54, 1.807) is 12.1 Å². The normalized spacial score (nSPS) is 11.1. The van der Waals surface area contributed by atoms with E-state index in [1.807, 2.05) is 71.3 Å². The van der Waals surface area contributed by atoms with Crippen LogP contribution < -0.4 is 10.3 Å². The van der Waals surface area contributed by atoms with Crippen LogP contribution in [0.3, 0.4) is 0 Å². The first-order valence-electron chi connectivity index (χ1n) is 11.7. The Bertz CT molecular complexity index is 1320. The summed E-state index contributed by atoms with van der Waals surface area (Å²) >= 11 is 1.27. The van der Waals surface area contributed by atoms with E-state index in [4.69, 9.17) is 0 Å². The van der Waals surface area contributed by atoms with Crippen LogP contribution in [0.15, 0.2) is 89.1 Å². The van der Waals surface area contributed by atoms with Gasteiger partial charge in [0.05, 0.1) is 12.0 Å². The van der Waals surface area contributed by atoms with Crippen molar-refractivity contribution in [2.24, 2.45) is 5.10 Å². The van der Waals surface area contributed by atoms with Gasteiger partial charge in [-0.2, -0.15) is 5.10 Å². The predicted octanol–water partition coefficient (Wildman–Crippen LogP) is 4.73. The molecule has 0 spiro atoms. The minimum Gasteiger partial charge on any atom is -0.507 e. The number of hydrogen-bond acceptors (Lipinski definition) is 7. The van der Waals surface area contributed by atoms with Crippen molar-refractivity contribution in [3.8, 4) is 22.8 Å². The van der Waals surface area contributed by atoms with Crippen LogP contribution in [-0.4, -0.2) is 50.8 Å². The van der Waals surface area contributed by atoms with Gasteiger partial charge < -0.3 is 10.0 Å². The van der Waals surface area contributed by atoms with Crippen molar-refractivity contribution in [2.45, 2.75) is 19.0 Å². The first kappa shape index (κ1) is 25.0. The zero-order valence-corrected chi connectivity index (χ0v) is 21.0. The lowest BCUT2D eigenvalue weighted by Gasteiger charge is -2.21. The van der Waals surface area contributed by atoms with Gasteiger partial charge in [-0.1, -0.05) is 60.3 Å². The molecule has 0 atom stereocenters. The minimum absolute atomic E-state index is 0.101. The molecule has 0 aliphatic carbocycles. The highest BCUT2D eigenvalue weighted by Gasteiger charge is 2.17. The molecule has 1 amide bonds. The number of amides is 1. The maximum absolute atomic E-state index is 12.5. The number of carbonyl (C=O) groups excluding carboxylic acids is 1. The SMILES string of the molecule is CCN(CC)c1ccc(C=NNC(=O)CSc2nnc(-c3ccccc3)n2-c2ccccc2)c(O)c1. The van der Waals surface area contributed by atoms with Gasteiger partial charge in [-0.15, -0.1) is 10.2 Å². The number of anilines is 1. The zero-order valence-electron chi connectivity index (χ0n) is 20.2. The van der Waals surface area contributed by atoms with Crippen molar-refractivity contribution in [1.29, 1.82) is 0 Å². The van der Waals surface area contributed by atoms with Crippen LogP contribution in [-0.2, 0) is 4.79 Å². The molecule has 1 aromatic heterocycles. The van der Waals surface area contributed by atoms with Gasteiger partial charge in [0.2, 0.25) is 0 Å². The Hall–Kier alpha value is -4.11. The highest BCUT2D eigenvalue weighted by Crippen LogP contribution is 2.28. The van der Waals surface area contributed by atoms with Crippen LogP contribution in [0.2, 0.25) is 0 Å². The average Bonchev–Trinajstić information content (AvgIpc) is 3.34. The van der Waals surface area contributed by atoms with Gasteiger partial charge in [-0.3, -0.25) is 9.36 Å². The molecular formula is C27H28N6O2S. The number of carbonyl (C=O) groups is 1. The van der Waals surface area contributed by atoms with Crippen molar-refractivity contribution in [1.82, 2.24) is 20.2 Å². The number of phenols is 1.